The average Bonchev–Trinajstić information content (AvgIpc) is 1.96. The monoisotopic (exact) mass is 196 g/mol. The van der Waals surface area contributed by atoms with Crippen LogP contribution in [0, 0.1) is 17.8 Å². The van der Waals surface area contributed by atoms with Gasteiger partial charge in [-0.3, -0.25) is 0 Å². The maximum absolute atomic E-state index is 12.5. The highest BCUT2D eigenvalue weighted by molar-refractivity contribution is 4.74. The molecule has 2 atom stereocenters. The van der Waals surface area contributed by atoms with Crippen LogP contribution in [0.25, 0.3) is 0 Å². The van der Waals surface area contributed by atoms with Gasteiger partial charge in [0.15, 0.2) is 0 Å². The third-order valence-electron chi connectivity index (χ3n) is 2.48. The first-order valence-corrected chi connectivity index (χ1v) is 4.85. The number of hydrogen-bond donors (Lipinski definition) is 0. The van der Waals surface area contributed by atoms with Crippen LogP contribution >= 0.6 is 0 Å². The molecular formula is C10H19F3. The molecule has 0 saturated heterocycles. The van der Waals surface area contributed by atoms with Gasteiger partial charge in [0.1, 0.15) is 0 Å². The van der Waals surface area contributed by atoms with Crippen molar-refractivity contribution in [1.82, 2.24) is 0 Å². The Hall–Kier alpha value is -0.210. The highest BCUT2D eigenvalue weighted by atomic mass is 19.4. The quantitative estimate of drug-likeness (QED) is 0.630. The lowest BCUT2D eigenvalue weighted by Crippen LogP contribution is -2.30. The molecule has 0 aliphatic heterocycles. The fourth-order valence-electron chi connectivity index (χ4n) is 1.48. The first-order chi connectivity index (χ1) is 5.79. The highest BCUT2D eigenvalue weighted by Crippen LogP contribution is 2.37. The maximum Gasteiger partial charge on any atom is 0.392 e. The Morgan fingerprint density at radius 3 is 1.77 bits per heavy atom. The molecule has 0 nitrogen and oxygen atoms in total. The van der Waals surface area contributed by atoms with Crippen molar-refractivity contribution in [3.05, 3.63) is 0 Å². The van der Waals surface area contributed by atoms with Crippen molar-refractivity contribution in [2.24, 2.45) is 17.8 Å². The summed E-state index contributed by atoms with van der Waals surface area (Å²) in [5.74, 6) is -1.28. The van der Waals surface area contributed by atoms with Crippen LogP contribution in [0.1, 0.15) is 40.5 Å². The van der Waals surface area contributed by atoms with Crippen LogP contribution in [-0.2, 0) is 0 Å². The third-order valence-corrected chi connectivity index (χ3v) is 2.48. The number of halogens is 3. The normalized spacial score (nSPS) is 17.5. The van der Waals surface area contributed by atoms with Gasteiger partial charge in [0.2, 0.25) is 0 Å². The molecule has 0 rings (SSSR count). The van der Waals surface area contributed by atoms with Crippen molar-refractivity contribution in [2.75, 3.05) is 0 Å². The third kappa shape index (κ3) is 4.53. The first kappa shape index (κ1) is 12.8. The lowest BCUT2D eigenvalue weighted by Gasteiger charge is -2.26. The molecule has 0 spiro atoms. The van der Waals surface area contributed by atoms with Gasteiger partial charge >= 0.3 is 6.18 Å². The smallest absolute Gasteiger partial charge is 0.171 e. The fraction of sp³-hybridized carbons (Fsp3) is 1.00. The van der Waals surface area contributed by atoms with Gasteiger partial charge in [-0.1, -0.05) is 34.1 Å². The van der Waals surface area contributed by atoms with Crippen molar-refractivity contribution < 1.29 is 13.2 Å². The molecule has 3 heteroatoms. The van der Waals surface area contributed by atoms with Gasteiger partial charge in [-0.05, 0) is 18.3 Å². The highest BCUT2D eigenvalue weighted by Gasteiger charge is 2.42. The molecule has 0 radical (unpaired) electrons. The zero-order valence-corrected chi connectivity index (χ0v) is 8.78. The van der Waals surface area contributed by atoms with Gasteiger partial charge < -0.3 is 0 Å². The summed E-state index contributed by atoms with van der Waals surface area (Å²) in [5.41, 5.74) is 0. The van der Waals surface area contributed by atoms with Crippen LogP contribution in [0.4, 0.5) is 13.2 Å². The molecule has 0 aromatic rings. The van der Waals surface area contributed by atoms with E-state index in [1.54, 1.807) is 6.92 Å². The number of alkyl halides is 3. The van der Waals surface area contributed by atoms with Crippen molar-refractivity contribution in [3.63, 3.8) is 0 Å². The Balaban J connectivity index is 4.37. The molecule has 0 amide bonds. The van der Waals surface area contributed by atoms with E-state index in [0.717, 1.165) is 0 Å². The minimum atomic E-state index is -4.03. The summed E-state index contributed by atoms with van der Waals surface area (Å²) >= 11 is 0. The summed E-state index contributed by atoms with van der Waals surface area (Å²) in [5, 5.41) is 0. The van der Waals surface area contributed by atoms with E-state index in [1.165, 1.54) is 0 Å². The van der Waals surface area contributed by atoms with Crippen LogP contribution in [-0.4, -0.2) is 6.18 Å². The molecule has 0 heterocycles. The van der Waals surface area contributed by atoms with Gasteiger partial charge in [0.25, 0.3) is 0 Å². The van der Waals surface area contributed by atoms with E-state index in [-0.39, 0.29) is 18.3 Å². The van der Waals surface area contributed by atoms with E-state index in [9.17, 15) is 13.2 Å². The Bertz CT molecular complexity index is 138. The predicted molar refractivity (Wildman–Crippen MR) is 48.5 cm³/mol. The van der Waals surface area contributed by atoms with Crippen LogP contribution in [0.3, 0.4) is 0 Å². The molecule has 0 aromatic heterocycles. The summed E-state index contributed by atoms with van der Waals surface area (Å²) in [6.45, 7) is 7.16. The number of hydrogen-bond acceptors (Lipinski definition) is 0. The van der Waals surface area contributed by atoms with E-state index >= 15 is 0 Å². The van der Waals surface area contributed by atoms with Crippen molar-refractivity contribution in [1.29, 1.82) is 0 Å². The predicted octanol–water partition coefficient (Wildman–Crippen LogP) is 4.26. The minimum Gasteiger partial charge on any atom is -0.171 e. The van der Waals surface area contributed by atoms with Crippen molar-refractivity contribution in [2.45, 2.75) is 46.7 Å². The van der Waals surface area contributed by atoms with Gasteiger partial charge in [-0.2, -0.15) is 13.2 Å². The molecule has 80 valence electrons. The van der Waals surface area contributed by atoms with Gasteiger partial charge in [0.05, 0.1) is 5.92 Å². The fourth-order valence-corrected chi connectivity index (χ4v) is 1.48. The minimum absolute atomic E-state index is 0.112. The van der Waals surface area contributed by atoms with E-state index in [1.807, 2.05) is 20.8 Å². The molecule has 0 fully saturated rings. The summed E-state index contributed by atoms with van der Waals surface area (Å²) in [7, 11) is 0. The maximum atomic E-state index is 12.5. The van der Waals surface area contributed by atoms with E-state index in [0.29, 0.717) is 6.42 Å². The van der Waals surface area contributed by atoms with Crippen LogP contribution < -0.4 is 0 Å². The zero-order valence-electron chi connectivity index (χ0n) is 8.78. The molecule has 0 aromatic carbocycles. The largest absolute Gasteiger partial charge is 0.392 e. The van der Waals surface area contributed by atoms with Gasteiger partial charge in [0, 0.05) is 0 Å². The molecule has 0 N–H and O–H groups in total. The Kier molecular flexibility index (Phi) is 4.79. The lowest BCUT2D eigenvalue weighted by atomic mass is 9.84. The second-order valence-corrected chi connectivity index (χ2v) is 4.16. The van der Waals surface area contributed by atoms with Gasteiger partial charge in [-0.15, -0.1) is 0 Å². The van der Waals surface area contributed by atoms with Crippen molar-refractivity contribution >= 4 is 0 Å². The van der Waals surface area contributed by atoms with E-state index < -0.39 is 12.1 Å². The molecular weight excluding hydrogens is 177 g/mol. The average molecular weight is 196 g/mol. The SMILES string of the molecule is CCC(C)C(CC(C)C)C(F)(F)F. The molecule has 0 saturated carbocycles. The Morgan fingerprint density at radius 2 is 1.54 bits per heavy atom. The summed E-state index contributed by atoms with van der Waals surface area (Å²) in [4.78, 5) is 0. The van der Waals surface area contributed by atoms with E-state index in [4.69, 9.17) is 0 Å². The summed E-state index contributed by atoms with van der Waals surface area (Å²) in [6, 6.07) is 0. The molecule has 0 bridgehead atoms. The second-order valence-electron chi connectivity index (χ2n) is 4.16. The Labute approximate surface area is 78.5 Å². The van der Waals surface area contributed by atoms with Gasteiger partial charge in [-0.25, -0.2) is 0 Å². The molecule has 0 aliphatic rings. The van der Waals surface area contributed by atoms with Crippen LogP contribution in [0.5, 0.6) is 0 Å². The number of rotatable bonds is 4. The molecule has 13 heavy (non-hydrogen) atoms. The molecule has 2 unspecified atom stereocenters. The van der Waals surface area contributed by atoms with E-state index in [2.05, 4.69) is 0 Å². The molecule has 0 aliphatic carbocycles. The topological polar surface area (TPSA) is 0 Å². The van der Waals surface area contributed by atoms with Crippen molar-refractivity contribution in [3.8, 4) is 0 Å². The van der Waals surface area contributed by atoms with Crippen LogP contribution in [0.15, 0.2) is 0 Å². The second kappa shape index (κ2) is 4.87. The summed E-state index contributed by atoms with van der Waals surface area (Å²) < 4.78 is 37.6. The lowest BCUT2D eigenvalue weighted by molar-refractivity contribution is -0.191. The Morgan fingerprint density at radius 1 is 1.08 bits per heavy atom. The van der Waals surface area contributed by atoms with Crippen LogP contribution in [0.2, 0.25) is 0 Å². The summed E-state index contributed by atoms with van der Waals surface area (Å²) in [6.07, 6.45) is -3.19. The standard InChI is InChI=1S/C10H19F3/c1-5-8(4)9(6-7(2)3)10(11,12)13/h7-9H,5-6H2,1-4H3. The first-order valence-electron chi connectivity index (χ1n) is 4.85. The zero-order chi connectivity index (χ0) is 10.6.